The minimum atomic E-state index is -0.470. The van der Waals surface area contributed by atoms with Gasteiger partial charge in [0.2, 0.25) is 0 Å². The normalized spacial score (nSPS) is 11.8. The molecule has 3 nitrogen and oxygen atoms in total. The molecule has 0 bridgehead atoms. The zero-order valence-electron chi connectivity index (χ0n) is 13.8. The summed E-state index contributed by atoms with van der Waals surface area (Å²) in [5.74, 6) is 0.652. The maximum atomic E-state index is 12.3. The number of rotatable bonds is 7. The first kappa shape index (κ1) is 17.4. The van der Waals surface area contributed by atoms with Crippen molar-refractivity contribution >= 4 is 17.7 Å². The van der Waals surface area contributed by atoms with Gasteiger partial charge >= 0.3 is 0 Å². The molecular weight excluding hydrogens is 306 g/mol. The van der Waals surface area contributed by atoms with Crippen LogP contribution in [-0.4, -0.2) is 18.3 Å². The van der Waals surface area contributed by atoms with Crippen molar-refractivity contribution in [2.75, 3.05) is 6.26 Å². The lowest BCUT2D eigenvalue weighted by molar-refractivity contribution is -0.128. The van der Waals surface area contributed by atoms with Crippen molar-refractivity contribution in [1.82, 2.24) is 5.32 Å². The van der Waals surface area contributed by atoms with E-state index in [9.17, 15) is 4.79 Å². The lowest BCUT2D eigenvalue weighted by Crippen LogP contribution is -2.37. The van der Waals surface area contributed by atoms with Gasteiger partial charge in [0.1, 0.15) is 5.75 Å². The number of hydrogen-bond acceptors (Lipinski definition) is 3. The molecule has 0 saturated carbocycles. The topological polar surface area (TPSA) is 38.3 Å². The van der Waals surface area contributed by atoms with Gasteiger partial charge in [-0.15, -0.1) is 11.8 Å². The number of carbonyl (C=O) groups excluding carboxylic acids is 1. The highest BCUT2D eigenvalue weighted by Gasteiger charge is 2.18. The van der Waals surface area contributed by atoms with E-state index in [1.54, 1.807) is 11.8 Å². The van der Waals surface area contributed by atoms with Crippen molar-refractivity contribution in [2.24, 2.45) is 0 Å². The van der Waals surface area contributed by atoms with Crippen molar-refractivity contribution in [2.45, 2.75) is 37.8 Å². The molecule has 4 heteroatoms. The van der Waals surface area contributed by atoms with Gasteiger partial charge in [-0.3, -0.25) is 4.79 Å². The molecule has 1 amide bonds. The molecule has 0 fully saturated rings. The summed E-state index contributed by atoms with van der Waals surface area (Å²) < 4.78 is 5.82. The Morgan fingerprint density at radius 3 is 2.57 bits per heavy atom. The number of hydrogen-bond donors (Lipinski definition) is 1. The van der Waals surface area contributed by atoms with Crippen LogP contribution in [0.3, 0.4) is 0 Å². The van der Waals surface area contributed by atoms with E-state index in [4.69, 9.17) is 4.74 Å². The highest BCUT2D eigenvalue weighted by molar-refractivity contribution is 7.98. The van der Waals surface area contributed by atoms with E-state index in [0.29, 0.717) is 13.0 Å². The van der Waals surface area contributed by atoms with E-state index in [1.807, 2.05) is 56.5 Å². The number of aryl methyl sites for hydroxylation is 1. The lowest BCUT2D eigenvalue weighted by Gasteiger charge is -2.17. The number of amides is 1. The number of thioether (sulfide) groups is 1. The zero-order valence-corrected chi connectivity index (χ0v) is 14.7. The summed E-state index contributed by atoms with van der Waals surface area (Å²) in [6.07, 6.45) is 2.21. The number of ether oxygens (including phenoxy) is 1. The van der Waals surface area contributed by atoms with Crippen molar-refractivity contribution < 1.29 is 9.53 Å². The summed E-state index contributed by atoms with van der Waals surface area (Å²) in [5.41, 5.74) is 2.20. The molecule has 0 aliphatic rings. The molecule has 1 unspecified atom stereocenters. The van der Waals surface area contributed by atoms with Gasteiger partial charge in [-0.1, -0.05) is 31.2 Å². The van der Waals surface area contributed by atoms with Gasteiger partial charge in [0.15, 0.2) is 6.10 Å². The Bertz CT molecular complexity index is 640. The quantitative estimate of drug-likeness (QED) is 0.774. The summed E-state index contributed by atoms with van der Waals surface area (Å²) in [6, 6.07) is 16.0. The SMILES string of the molecule is CCC(Oc1cccc(C)c1)C(=O)NCc1ccc(SC)cc1. The molecule has 1 atom stereocenters. The van der Waals surface area contributed by atoms with Crippen molar-refractivity contribution in [3.63, 3.8) is 0 Å². The molecule has 2 rings (SSSR count). The molecule has 0 aliphatic carbocycles. The lowest BCUT2D eigenvalue weighted by atomic mass is 10.2. The summed E-state index contributed by atoms with van der Waals surface area (Å²) in [5, 5.41) is 2.95. The standard InChI is InChI=1S/C19H23NO2S/c1-4-18(22-16-7-5-6-14(2)12-16)19(21)20-13-15-8-10-17(23-3)11-9-15/h5-12,18H,4,13H2,1-3H3,(H,20,21). The summed E-state index contributed by atoms with van der Waals surface area (Å²) in [6.45, 7) is 4.47. The molecule has 1 N–H and O–H groups in total. The smallest absolute Gasteiger partial charge is 0.261 e. The minimum Gasteiger partial charge on any atom is -0.481 e. The fourth-order valence-corrected chi connectivity index (χ4v) is 2.63. The number of benzene rings is 2. The van der Waals surface area contributed by atoms with Gasteiger partial charge in [0.25, 0.3) is 5.91 Å². The van der Waals surface area contributed by atoms with Crippen LogP contribution in [0.5, 0.6) is 5.75 Å². The highest BCUT2D eigenvalue weighted by Crippen LogP contribution is 2.16. The predicted octanol–water partition coefficient (Wildman–Crippen LogP) is 4.19. The molecule has 0 saturated heterocycles. The average molecular weight is 329 g/mol. The fraction of sp³-hybridized carbons (Fsp3) is 0.316. The van der Waals surface area contributed by atoms with Crippen LogP contribution >= 0.6 is 11.8 Å². The van der Waals surface area contributed by atoms with Gasteiger partial charge < -0.3 is 10.1 Å². The largest absolute Gasteiger partial charge is 0.481 e. The second-order valence-electron chi connectivity index (χ2n) is 5.40. The Morgan fingerprint density at radius 2 is 1.96 bits per heavy atom. The first-order chi connectivity index (χ1) is 11.1. The van der Waals surface area contributed by atoms with E-state index in [0.717, 1.165) is 16.9 Å². The van der Waals surface area contributed by atoms with Crippen LogP contribution in [-0.2, 0) is 11.3 Å². The van der Waals surface area contributed by atoms with Crippen molar-refractivity contribution in [1.29, 1.82) is 0 Å². The predicted molar refractivity (Wildman–Crippen MR) is 96.0 cm³/mol. The van der Waals surface area contributed by atoms with E-state index in [2.05, 4.69) is 17.4 Å². The molecule has 0 aliphatic heterocycles. The Hall–Kier alpha value is -1.94. The van der Waals surface area contributed by atoms with Crippen LogP contribution in [0.2, 0.25) is 0 Å². The van der Waals surface area contributed by atoms with Gasteiger partial charge in [-0.05, 0) is 55.0 Å². The molecule has 122 valence electrons. The molecule has 2 aromatic rings. The van der Waals surface area contributed by atoms with Crippen LogP contribution in [0.15, 0.2) is 53.4 Å². The molecule has 23 heavy (non-hydrogen) atoms. The van der Waals surface area contributed by atoms with Gasteiger partial charge in [0.05, 0.1) is 0 Å². The zero-order chi connectivity index (χ0) is 16.7. The first-order valence-corrected chi connectivity index (χ1v) is 8.98. The maximum absolute atomic E-state index is 12.3. The van der Waals surface area contributed by atoms with Gasteiger partial charge in [-0.25, -0.2) is 0 Å². The number of nitrogens with one attached hydrogen (secondary N) is 1. The molecular formula is C19H23NO2S. The Labute approximate surface area is 142 Å². The first-order valence-electron chi connectivity index (χ1n) is 7.76. The summed E-state index contributed by atoms with van der Waals surface area (Å²) in [7, 11) is 0. The summed E-state index contributed by atoms with van der Waals surface area (Å²) >= 11 is 1.71. The third-order valence-electron chi connectivity index (χ3n) is 3.56. The van der Waals surface area contributed by atoms with Crippen LogP contribution < -0.4 is 10.1 Å². The van der Waals surface area contributed by atoms with Crippen LogP contribution in [0.25, 0.3) is 0 Å². The Morgan fingerprint density at radius 1 is 1.22 bits per heavy atom. The second-order valence-corrected chi connectivity index (χ2v) is 6.28. The molecule has 0 heterocycles. The molecule has 2 aromatic carbocycles. The average Bonchev–Trinajstić information content (AvgIpc) is 2.58. The van der Waals surface area contributed by atoms with Crippen molar-refractivity contribution in [3.8, 4) is 5.75 Å². The Kier molecular flexibility index (Phi) is 6.53. The molecule has 0 radical (unpaired) electrons. The van der Waals surface area contributed by atoms with E-state index in [-0.39, 0.29) is 5.91 Å². The summed E-state index contributed by atoms with van der Waals surface area (Å²) in [4.78, 5) is 13.5. The fourth-order valence-electron chi connectivity index (χ4n) is 2.22. The molecule has 0 aromatic heterocycles. The molecule has 0 spiro atoms. The van der Waals surface area contributed by atoms with Crippen LogP contribution in [0.4, 0.5) is 0 Å². The van der Waals surface area contributed by atoms with Crippen LogP contribution in [0.1, 0.15) is 24.5 Å². The van der Waals surface area contributed by atoms with E-state index < -0.39 is 6.10 Å². The highest BCUT2D eigenvalue weighted by atomic mass is 32.2. The van der Waals surface area contributed by atoms with E-state index >= 15 is 0 Å². The monoisotopic (exact) mass is 329 g/mol. The van der Waals surface area contributed by atoms with Crippen LogP contribution in [0, 0.1) is 6.92 Å². The second kappa shape index (κ2) is 8.63. The third kappa shape index (κ3) is 5.32. The van der Waals surface area contributed by atoms with Gasteiger partial charge in [0, 0.05) is 11.4 Å². The minimum absolute atomic E-state index is 0.0806. The van der Waals surface area contributed by atoms with Gasteiger partial charge in [-0.2, -0.15) is 0 Å². The third-order valence-corrected chi connectivity index (χ3v) is 4.30. The van der Waals surface area contributed by atoms with E-state index in [1.165, 1.54) is 4.90 Å². The number of carbonyl (C=O) groups is 1. The Balaban J connectivity index is 1.91. The maximum Gasteiger partial charge on any atom is 0.261 e. The van der Waals surface area contributed by atoms with Crippen molar-refractivity contribution in [3.05, 3.63) is 59.7 Å².